The van der Waals surface area contributed by atoms with E-state index in [0.717, 1.165) is 34.9 Å². The van der Waals surface area contributed by atoms with E-state index >= 15 is 0 Å². The molecule has 33 heavy (non-hydrogen) atoms. The molecule has 1 amide bonds. The molecule has 0 bridgehead atoms. The number of ether oxygens (including phenoxy) is 2. The lowest BCUT2D eigenvalue weighted by Crippen LogP contribution is -2.29. The Morgan fingerprint density at radius 3 is 2.39 bits per heavy atom. The standard InChI is InChI=1S/C26H31N3O3S/c1-18-24(33-25(27-18)20-10-13-22(31-3)23(16-20)32-4)26(30)28(2)17-19-8-11-21(12-9-19)29-14-6-5-7-15-29/h8-13,16H,5-7,14-15,17H2,1-4H3. The molecule has 1 aliphatic rings. The van der Waals surface area contributed by atoms with E-state index in [9.17, 15) is 4.79 Å². The predicted molar refractivity (Wildman–Crippen MR) is 134 cm³/mol. The molecule has 0 atom stereocenters. The molecule has 0 saturated carbocycles. The SMILES string of the molecule is COc1ccc(-c2nc(C)c(C(=O)N(C)Cc3ccc(N4CCCCC4)cc3)s2)cc1OC. The van der Waals surface area contributed by atoms with Crippen LogP contribution in [0.25, 0.3) is 10.6 Å². The van der Waals surface area contributed by atoms with Gasteiger partial charge in [-0.1, -0.05) is 12.1 Å². The average Bonchev–Trinajstić information content (AvgIpc) is 3.25. The molecule has 1 fully saturated rings. The van der Waals surface area contributed by atoms with Gasteiger partial charge in [0.05, 0.1) is 19.9 Å². The van der Waals surface area contributed by atoms with Gasteiger partial charge in [-0.25, -0.2) is 4.98 Å². The van der Waals surface area contributed by atoms with Crippen LogP contribution in [0.1, 0.15) is 40.2 Å². The quantitative estimate of drug-likeness (QED) is 0.468. The minimum atomic E-state index is -0.0168. The molecule has 0 unspecified atom stereocenters. The average molecular weight is 466 g/mol. The fourth-order valence-corrected chi connectivity index (χ4v) is 5.23. The fraction of sp³-hybridized carbons (Fsp3) is 0.385. The molecule has 7 heteroatoms. The zero-order valence-corrected chi connectivity index (χ0v) is 20.6. The van der Waals surface area contributed by atoms with Crippen LogP contribution in [-0.2, 0) is 6.54 Å². The molecule has 0 aliphatic carbocycles. The van der Waals surface area contributed by atoms with E-state index in [0.29, 0.717) is 22.9 Å². The first-order valence-corrected chi connectivity index (χ1v) is 12.1. The molecule has 2 aromatic carbocycles. The number of hydrogen-bond acceptors (Lipinski definition) is 6. The van der Waals surface area contributed by atoms with E-state index in [1.54, 1.807) is 19.1 Å². The highest BCUT2D eigenvalue weighted by Crippen LogP contribution is 2.35. The molecule has 174 valence electrons. The molecule has 6 nitrogen and oxygen atoms in total. The third-order valence-electron chi connectivity index (χ3n) is 6.05. The monoisotopic (exact) mass is 465 g/mol. The molecule has 2 heterocycles. The Bertz CT molecular complexity index is 1100. The molecule has 3 aromatic rings. The predicted octanol–water partition coefficient (Wildman–Crippen LogP) is 5.40. The Hall–Kier alpha value is -3.06. The molecule has 1 saturated heterocycles. The highest BCUT2D eigenvalue weighted by Gasteiger charge is 2.21. The van der Waals surface area contributed by atoms with Gasteiger partial charge in [-0.3, -0.25) is 4.79 Å². The summed E-state index contributed by atoms with van der Waals surface area (Å²) < 4.78 is 10.7. The third kappa shape index (κ3) is 5.14. The van der Waals surface area contributed by atoms with Gasteiger partial charge in [-0.2, -0.15) is 0 Å². The van der Waals surface area contributed by atoms with Gasteiger partial charge in [0, 0.05) is 37.9 Å². The van der Waals surface area contributed by atoms with Gasteiger partial charge in [0.25, 0.3) is 5.91 Å². The second-order valence-electron chi connectivity index (χ2n) is 8.38. The van der Waals surface area contributed by atoms with E-state index in [1.165, 1.54) is 36.3 Å². The van der Waals surface area contributed by atoms with Crippen molar-refractivity contribution < 1.29 is 14.3 Å². The molecule has 0 spiro atoms. The van der Waals surface area contributed by atoms with Crippen molar-refractivity contribution in [1.29, 1.82) is 0 Å². The van der Waals surface area contributed by atoms with Gasteiger partial charge in [-0.15, -0.1) is 11.3 Å². The summed E-state index contributed by atoms with van der Waals surface area (Å²) in [5.41, 5.74) is 4.03. The highest BCUT2D eigenvalue weighted by molar-refractivity contribution is 7.17. The summed E-state index contributed by atoms with van der Waals surface area (Å²) in [6, 6.07) is 14.3. The van der Waals surface area contributed by atoms with E-state index in [-0.39, 0.29) is 5.91 Å². The number of aromatic nitrogens is 1. The molecular weight excluding hydrogens is 434 g/mol. The Morgan fingerprint density at radius 2 is 1.73 bits per heavy atom. The Labute approximate surface area is 199 Å². The van der Waals surface area contributed by atoms with Crippen LogP contribution >= 0.6 is 11.3 Å². The Balaban J connectivity index is 1.46. The zero-order valence-electron chi connectivity index (χ0n) is 19.8. The van der Waals surface area contributed by atoms with Crippen molar-refractivity contribution in [2.24, 2.45) is 0 Å². The molecule has 1 aliphatic heterocycles. The van der Waals surface area contributed by atoms with Crippen LogP contribution in [-0.4, -0.2) is 50.1 Å². The van der Waals surface area contributed by atoms with Crippen LogP contribution in [0.3, 0.4) is 0 Å². The van der Waals surface area contributed by atoms with Crippen molar-refractivity contribution in [3.63, 3.8) is 0 Å². The molecule has 1 aromatic heterocycles. The maximum Gasteiger partial charge on any atom is 0.265 e. The highest BCUT2D eigenvalue weighted by atomic mass is 32.1. The van der Waals surface area contributed by atoms with Gasteiger partial charge in [0.1, 0.15) is 9.88 Å². The lowest BCUT2D eigenvalue weighted by Gasteiger charge is -2.29. The van der Waals surface area contributed by atoms with Gasteiger partial charge in [0.15, 0.2) is 11.5 Å². The number of amides is 1. The summed E-state index contributed by atoms with van der Waals surface area (Å²) in [5, 5.41) is 0.788. The number of rotatable bonds is 7. The van der Waals surface area contributed by atoms with Gasteiger partial charge in [0.2, 0.25) is 0 Å². The zero-order chi connectivity index (χ0) is 23.4. The third-order valence-corrected chi connectivity index (χ3v) is 7.24. The van der Waals surface area contributed by atoms with Crippen LogP contribution in [0, 0.1) is 6.92 Å². The summed E-state index contributed by atoms with van der Waals surface area (Å²) in [6.07, 6.45) is 3.85. The van der Waals surface area contributed by atoms with Crippen LogP contribution in [0.5, 0.6) is 11.5 Å². The van der Waals surface area contributed by atoms with Crippen molar-refractivity contribution >= 4 is 22.9 Å². The Morgan fingerprint density at radius 1 is 1.03 bits per heavy atom. The number of benzene rings is 2. The van der Waals surface area contributed by atoms with Crippen LogP contribution in [0.4, 0.5) is 5.69 Å². The number of piperidine rings is 1. The number of methoxy groups -OCH3 is 2. The van der Waals surface area contributed by atoms with E-state index in [1.807, 2.05) is 32.2 Å². The smallest absolute Gasteiger partial charge is 0.265 e. The summed E-state index contributed by atoms with van der Waals surface area (Å²) in [4.78, 5) is 22.7. The van der Waals surface area contributed by atoms with Gasteiger partial charge < -0.3 is 19.3 Å². The van der Waals surface area contributed by atoms with Gasteiger partial charge >= 0.3 is 0 Å². The number of carbonyl (C=O) groups excluding carboxylic acids is 1. The summed E-state index contributed by atoms with van der Waals surface area (Å²) in [6.45, 7) is 4.70. The number of anilines is 1. The summed E-state index contributed by atoms with van der Waals surface area (Å²) >= 11 is 1.41. The number of thiazole rings is 1. The second-order valence-corrected chi connectivity index (χ2v) is 9.38. The first-order chi connectivity index (χ1) is 16.0. The first-order valence-electron chi connectivity index (χ1n) is 11.3. The molecule has 4 rings (SSSR count). The van der Waals surface area contributed by atoms with E-state index < -0.39 is 0 Å². The lowest BCUT2D eigenvalue weighted by atomic mass is 10.1. The topological polar surface area (TPSA) is 54.9 Å². The lowest BCUT2D eigenvalue weighted by molar-refractivity contribution is 0.0789. The van der Waals surface area contributed by atoms with Crippen molar-refractivity contribution in [2.45, 2.75) is 32.7 Å². The van der Waals surface area contributed by atoms with Crippen molar-refractivity contribution in [2.75, 3.05) is 39.3 Å². The number of nitrogens with zero attached hydrogens (tertiary/aromatic N) is 3. The van der Waals surface area contributed by atoms with Crippen LogP contribution in [0.2, 0.25) is 0 Å². The fourth-order valence-electron chi connectivity index (χ4n) is 4.17. The van der Waals surface area contributed by atoms with Crippen molar-refractivity contribution in [3.05, 3.63) is 58.6 Å². The number of hydrogen-bond donors (Lipinski definition) is 0. The second kappa shape index (κ2) is 10.3. The van der Waals surface area contributed by atoms with Crippen LogP contribution < -0.4 is 14.4 Å². The molecule has 0 radical (unpaired) electrons. The number of carbonyl (C=O) groups is 1. The summed E-state index contributed by atoms with van der Waals surface area (Å²) in [5.74, 6) is 1.29. The van der Waals surface area contributed by atoms with E-state index in [2.05, 4.69) is 34.1 Å². The van der Waals surface area contributed by atoms with Crippen LogP contribution in [0.15, 0.2) is 42.5 Å². The van der Waals surface area contributed by atoms with Crippen molar-refractivity contribution in [1.82, 2.24) is 9.88 Å². The molecular formula is C26H31N3O3S. The normalized spacial score (nSPS) is 13.6. The Kier molecular flexibility index (Phi) is 7.18. The maximum atomic E-state index is 13.2. The minimum absolute atomic E-state index is 0.0168. The van der Waals surface area contributed by atoms with Crippen molar-refractivity contribution in [3.8, 4) is 22.1 Å². The summed E-state index contributed by atoms with van der Waals surface area (Å²) in [7, 11) is 5.06. The largest absolute Gasteiger partial charge is 0.493 e. The maximum absolute atomic E-state index is 13.2. The minimum Gasteiger partial charge on any atom is -0.493 e. The van der Waals surface area contributed by atoms with E-state index in [4.69, 9.17) is 9.47 Å². The molecule has 0 N–H and O–H groups in total. The van der Waals surface area contributed by atoms with Gasteiger partial charge in [-0.05, 0) is 62.1 Å². The first kappa shape index (κ1) is 23.1. The number of aryl methyl sites for hydroxylation is 1.